The SMILES string of the molecule is CCC(CSCCC(F)(F)C(F)(F)C(F)(F)C(F)(F)C(F)(F)C(F)(F)C(F)(F)C(F)(F)F)OC(C)=O. The topological polar surface area (TPSA) is 26.3 Å². The summed E-state index contributed by atoms with van der Waals surface area (Å²) in [5.74, 6) is -58.9. The van der Waals surface area contributed by atoms with E-state index >= 15 is 0 Å². The molecule has 0 saturated heterocycles. The van der Waals surface area contributed by atoms with Gasteiger partial charge in [-0.1, -0.05) is 6.92 Å². The Labute approximate surface area is 194 Å². The van der Waals surface area contributed by atoms with Gasteiger partial charge < -0.3 is 4.74 Å². The molecule has 0 saturated carbocycles. The van der Waals surface area contributed by atoms with Crippen LogP contribution in [0.25, 0.3) is 0 Å². The van der Waals surface area contributed by atoms with E-state index in [1.807, 2.05) is 0 Å². The van der Waals surface area contributed by atoms with Crippen molar-refractivity contribution in [1.29, 1.82) is 0 Å². The fraction of sp³-hybridized carbons (Fsp3) is 0.938. The average Bonchev–Trinajstić information content (AvgIpc) is 2.68. The van der Waals surface area contributed by atoms with Crippen LogP contribution in [0.15, 0.2) is 0 Å². The Hall–Kier alpha value is -1.37. The van der Waals surface area contributed by atoms with Crippen LogP contribution in [-0.4, -0.2) is 71.2 Å². The first kappa shape index (κ1) is 34.6. The third-order valence-electron chi connectivity index (χ3n) is 4.44. The second-order valence-electron chi connectivity index (χ2n) is 7.11. The molecule has 1 unspecified atom stereocenters. The Morgan fingerprint density at radius 3 is 1.36 bits per heavy atom. The lowest BCUT2D eigenvalue weighted by atomic mass is 9.88. The highest BCUT2D eigenvalue weighted by Gasteiger charge is 2.95. The molecule has 0 fully saturated rings. The number of thioether (sulfide) groups is 1. The molecule has 0 aromatic carbocycles. The van der Waals surface area contributed by atoms with Crippen molar-refractivity contribution < 1.29 is 84.2 Å². The van der Waals surface area contributed by atoms with Crippen LogP contribution in [0.4, 0.5) is 74.6 Å². The first-order valence-corrected chi connectivity index (χ1v) is 10.2. The molecule has 0 spiro atoms. The van der Waals surface area contributed by atoms with Gasteiger partial charge >= 0.3 is 53.6 Å². The maximum atomic E-state index is 13.7. The van der Waals surface area contributed by atoms with E-state index in [9.17, 15) is 79.4 Å². The minimum atomic E-state index is -8.63. The summed E-state index contributed by atoms with van der Waals surface area (Å²) in [6, 6.07) is 0. The third-order valence-corrected chi connectivity index (χ3v) is 5.54. The van der Waals surface area contributed by atoms with Crippen molar-refractivity contribution in [2.24, 2.45) is 0 Å². The van der Waals surface area contributed by atoms with Crippen molar-refractivity contribution in [3.05, 3.63) is 0 Å². The van der Waals surface area contributed by atoms with Crippen LogP contribution in [-0.2, 0) is 9.53 Å². The highest BCUT2D eigenvalue weighted by molar-refractivity contribution is 7.99. The predicted octanol–water partition coefficient (Wildman–Crippen LogP) is 7.46. The van der Waals surface area contributed by atoms with Gasteiger partial charge in [0.1, 0.15) is 6.10 Å². The summed E-state index contributed by atoms with van der Waals surface area (Å²) in [4.78, 5) is 10.8. The molecule has 0 N–H and O–H groups in total. The molecule has 2 nitrogen and oxygen atoms in total. The van der Waals surface area contributed by atoms with Gasteiger partial charge in [0.05, 0.1) is 0 Å². The van der Waals surface area contributed by atoms with Gasteiger partial charge in [0.15, 0.2) is 0 Å². The predicted molar refractivity (Wildman–Crippen MR) is 88.5 cm³/mol. The summed E-state index contributed by atoms with van der Waals surface area (Å²) >= 11 is 0.190. The lowest BCUT2D eigenvalue weighted by molar-refractivity contribution is -0.461. The Kier molecular flexibility index (Phi) is 10.0. The molecule has 0 aliphatic rings. The Bertz CT molecular complexity index is 762. The van der Waals surface area contributed by atoms with Crippen molar-refractivity contribution in [1.82, 2.24) is 0 Å². The van der Waals surface area contributed by atoms with Gasteiger partial charge in [-0.25, -0.2) is 0 Å². The zero-order valence-electron chi connectivity index (χ0n) is 17.6. The molecular weight excluding hydrogens is 579 g/mol. The molecule has 0 amide bonds. The summed E-state index contributed by atoms with van der Waals surface area (Å²) in [7, 11) is 0. The van der Waals surface area contributed by atoms with Crippen LogP contribution in [0.1, 0.15) is 26.7 Å². The Morgan fingerprint density at radius 1 is 0.667 bits per heavy atom. The highest BCUT2D eigenvalue weighted by atomic mass is 32.2. The van der Waals surface area contributed by atoms with Crippen molar-refractivity contribution in [3.8, 4) is 0 Å². The summed E-state index contributed by atoms with van der Waals surface area (Å²) < 4.78 is 228. The first-order valence-electron chi connectivity index (χ1n) is 9.06. The highest BCUT2D eigenvalue weighted by Crippen LogP contribution is 2.64. The van der Waals surface area contributed by atoms with Gasteiger partial charge in [-0.15, -0.1) is 0 Å². The van der Waals surface area contributed by atoms with E-state index in [2.05, 4.69) is 4.74 Å². The van der Waals surface area contributed by atoms with E-state index in [-0.39, 0.29) is 18.2 Å². The van der Waals surface area contributed by atoms with E-state index in [4.69, 9.17) is 0 Å². The minimum Gasteiger partial charge on any atom is -0.462 e. The molecule has 36 heavy (non-hydrogen) atoms. The van der Waals surface area contributed by atoms with Crippen molar-refractivity contribution >= 4 is 17.7 Å². The summed E-state index contributed by atoms with van der Waals surface area (Å²) in [5.41, 5.74) is 0. The molecule has 20 heteroatoms. The van der Waals surface area contributed by atoms with E-state index < -0.39 is 77.6 Å². The number of esters is 1. The number of rotatable bonds is 13. The lowest BCUT2D eigenvalue weighted by Crippen LogP contribution is -2.74. The maximum absolute atomic E-state index is 13.7. The van der Waals surface area contributed by atoms with Crippen LogP contribution in [0.5, 0.6) is 0 Å². The van der Waals surface area contributed by atoms with Crippen LogP contribution in [0.2, 0.25) is 0 Å². The quantitative estimate of drug-likeness (QED) is 0.126. The van der Waals surface area contributed by atoms with Gasteiger partial charge in [-0.2, -0.15) is 86.4 Å². The second-order valence-corrected chi connectivity index (χ2v) is 8.26. The molecule has 0 bridgehead atoms. The number of halogens is 17. The summed E-state index contributed by atoms with van der Waals surface area (Å²) in [5, 5.41) is 0. The number of hydrogen-bond donors (Lipinski definition) is 0. The van der Waals surface area contributed by atoms with Crippen molar-refractivity contribution in [2.75, 3.05) is 11.5 Å². The van der Waals surface area contributed by atoms with E-state index in [1.54, 1.807) is 0 Å². The molecule has 216 valence electrons. The zero-order chi connectivity index (χ0) is 29.4. The maximum Gasteiger partial charge on any atom is 0.460 e. The fourth-order valence-electron chi connectivity index (χ4n) is 2.24. The normalized spacial score (nSPS) is 16.2. The van der Waals surface area contributed by atoms with Crippen LogP contribution < -0.4 is 0 Å². The van der Waals surface area contributed by atoms with Gasteiger partial charge in [-0.05, 0) is 12.2 Å². The van der Waals surface area contributed by atoms with Crippen LogP contribution >= 0.6 is 11.8 Å². The smallest absolute Gasteiger partial charge is 0.460 e. The molecule has 1 atom stereocenters. The number of carbonyl (C=O) groups is 1. The van der Waals surface area contributed by atoms with E-state index in [0.29, 0.717) is 0 Å². The largest absolute Gasteiger partial charge is 0.462 e. The number of hydrogen-bond acceptors (Lipinski definition) is 3. The first-order chi connectivity index (χ1) is 15.6. The standard InChI is InChI=1S/C16H15F17O2S/c1-3-8(35-7(2)34)6-36-5-4-9(17,18)10(19,20)11(21,22)12(23,24)13(25,26)14(27,28)15(29,30)16(31,32)33/h8H,3-6H2,1-2H3. The minimum absolute atomic E-state index is 0.0231. The van der Waals surface area contributed by atoms with Gasteiger partial charge in [0.2, 0.25) is 0 Å². The molecule has 0 aliphatic heterocycles. The molecule has 0 aromatic heterocycles. The lowest BCUT2D eigenvalue weighted by Gasteiger charge is -2.42. The third kappa shape index (κ3) is 5.71. The zero-order valence-corrected chi connectivity index (χ0v) is 18.4. The molecule has 0 rings (SSSR count). The summed E-state index contributed by atoms with van der Waals surface area (Å²) in [6.45, 7) is 2.30. The average molecular weight is 594 g/mol. The fourth-order valence-corrected chi connectivity index (χ4v) is 3.37. The molecular formula is C16H15F17O2S. The summed E-state index contributed by atoms with van der Waals surface area (Å²) in [6.07, 6.45) is -11.3. The van der Waals surface area contributed by atoms with Crippen LogP contribution in [0.3, 0.4) is 0 Å². The van der Waals surface area contributed by atoms with Gasteiger partial charge in [0.25, 0.3) is 0 Å². The number of carbonyl (C=O) groups excluding carboxylic acids is 1. The number of ether oxygens (including phenoxy) is 1. The van der Waals surface area contributed by atoms with Crippen molar-refractivity contribution in [3.63, 3.8) is 0 Å². The Balaban J connectivity index is 6.06. The van der Waals surface area contributed by atoms with Gasteiger partial charge in [-0.3, -0.25) is 4.79 Å². The monoisotopic (exact) mass is 594 g/mol. The molecule has 0 heterocycles. The Morgan fingerprint density at radius 2 is 1.03 bits per heavy atom. The molecule has 0 aliphatic carbocycles. The van der Waals surface area contributed by atoms with Crippen molar-refractivity contribution in [2.45, 2.75) is 80.4 Å². The van der Waals surface area contributed by atoms with Gasteiger partial charge in [0, 0.05) is 19.1 Å². The van der Waals surface area contributed by atoms with E-state index in [0.717, 1.165) is 6.92 Å². The van der Waals surface area contributed by atoms with E-state index in [1.165, 1.54) is 6.92 Å². The second kappa shape index (κ2) is 10.4. The molecule has 0 aromatic rings. The molecule has 0 radical (unpaired) electrons. The van der Waals surface area contributed by atoms with Crippen LogP contribution in [0, 0.1) is 0 Å². The number of alkyl halides is 17.